The highest BCUT2D eigenvalue weighted by atomic mass is 16.2. The molecule has 0 aliphatic heterocycles. The molecule has 2 heterocycles. The summed E-state index contributed by atoms with van der Waals surface area (Å²) in [4.78, 5) is 30.0. The number of fused-ring (bicyclic) bond motifs is 1. The number of benzene rings is 1. The van der Waals surface area contributed by atoms with Crippen LogP contribution >= 0.6 is 0 Å². The quantitative estimate of drug-likeness (QED) is 0.656. The van der Waals surface area contributed by atoms with Gasteiger partial charge in [-0.05, 0) is 42.5 Å². The van der Waals surface area contributed by atoms with E-state index >= 15 is 0 Å². The number of anilines is 1. The third-order valence-corrected chi connectivity index (χ3v) is 4.74. The lowest BCUT2D eigenvalue weighted by Gasteiger charge is -2.14. The molecule has 2 amide bonds. The number of imidazole rings is 1. The number of nitrogens with zero attached hydrogens (tertiary/aromatic N) is 2. The summed E-state index contributed by atoms with van der Waals surface area (Å²) in [5.41, 5.74) is 3.87. The smallest absolute Gasteiger partial charge is 0.292 e. The Bertz CT molecular complexity index is 985. The molecule has 6 heteroatoms. The molecule has 1 aromatic carbocycles. The first-order valence-corrected chi connectivity index (χ1v) is 9.78. The van der Waals surface area contributed by atoms with Gasteiger partial charge in [0.2, 0.25) is 5.82 Å². The minimum atomic E-state index is -0.327. The number of hydrogen-bond donors (Lipinski definition) is 2. The molecule has 28 heavy (non-hydrogen) atoms. The van der Waals surface area contributed by atoms with E-state index in [0.29, 0.717) is 12.1 Å². The van der Waals surface area contributed by atoms with Gasteiger partial charge in [0, 0.05) is 18.4 Å². The van der Waals surface area contributed by atoms with Crippen molar-refractivity contribution in [2.75, 3.05) is 11.9 Å². The van der Waals surface area contributed by atoms with Crippen molar-refractivity contribution in [1.82, 2.24) is 14.7 Å². The predicted molar refractivity (Wildman–Crippen MR) is 111 cm³/mol. The van der Waals surface area contributed by atoms with Crippen LogP contribution in [0, 0.1) is 0 Å². The van der Waals surface area contributed by atoms with Crippen LogP contribution in [0.4, 0.5) is 5.69 Å². The third-order valence-electron chi connectivity index (χ3n) is 4.74. The fraction of sp³-hybridized carbons (Fsp3) is 0.318. The third kappa shape index (κ3) is 3.76. The summed E-state index contributed by atoms with van der Waals surface area (Å²) in [7, 11) is 0. The summed E-state index contributed by atoms with van der Waals surface area (Å²) >= 11 is 0. The van der Waals surface area contributed by atoms with Crippen molar-refractivity contribution in [1.29, 1.82) is 0 Å². The molecule has 6 nitrogen and oxygen atoms in total. The molecule has 0 saturated heterocycles. The Hall–Kier alpha value is -3.15. The highest BCUT2D eigenvalue weighted by Gasteiger charge is 2.22. The van der Waals surface area contributed by atoms with Crippen LogP contribution in [-0.4, -0.2) is 27.7 Å². The minimum Gasteiger partial charge on any atom is -0.351 e. The molecule has 0 bridgehead atoms. The van der Waals surface area contributed by atoms with E-state index in [1.54, 1.807) is 16.7 Å². The normalized spacial score (nSPS) is 10.8. The van der Waals surface area contributed by atoms with Crippen LogP contribution in [0.1, 0.15) is 59.4 Å². The molecule has 146 valence electrons. The van der Waals surface area contributed by atoms with Crippen molar-refractivity contribution >= 4 is 23.0 Å². The maximum absolute atomic E-state index is 13.1. The summed E-state index contributed by atoms with van der Waals surface area (Å²) in [6, 6.07) is 11.5. The zero-order chi connectivity index (χ0) is 20.1. The number of nitrogens with one attached hydrogen (secondary N) is 2. The molecule has 0 spiro atoms. The van der Waals surface area contributed by atoms with E-state index < -0.39 is 0 Å². The highest BCUT2D eigenvalue weighted by Crippen LogP contribution is 2.24. The Morgan fingerprint density at radius 2 is 1.68 bits per heavy atom. The predicted octanol–water partition coefficient (Wildman–Crippen LogP) is 3.85. The van der Waals surface area contributed by atoms with Crippen molar-refractivity contribution in [3.8, 4) is 0 Å². The second-order valence-corrected chi connectivity index (χ2v) is 6.61. The van der Waals surface area contributed by atoms with E-state index in [4.69, 9.17) is 0 Å². The fourth-order valence-corrected chi connectivity index (χ4v) is 3.26. The van der Waals surface area contributed by atoms with Gasteiger partial charge < -0.3 is 10.6 Å². The number of pyridine rings is 1. The maximum atomic E-state index is 13.1. The summed E-state index contributed by atoms with van der Waals surface area (Å²) in [6.45, 7) is 6.67. The van der Waals surface area contributed by atoms with Gasteiger partial charge in [-0.15, -0.1) is 0 Å². The molecule has 0 aliphatic rings. The van der Waals surface area contributed by atoms with E-state index in [1.807, 2.05) is 37.3 Å². The van der Waals surface area contributed by atoms with Crippen LogP contribution < -0.4 is 10.6 Å². The number of amides is 2. The fourth-order valence-electron chi connectivity index (χ4n) is 3.26. The molecule has 0 saturated carbocycles. The Balaban J connectivity index is 2.01. The number of rotatable bonds is 7. The summed E-state index contributed by atoms with van der Waals surface area (Å²) in [5.74, 6) is -0.399. The molecule has 0 atom stereocenters. The van der Waals surface area contributed by atoms with Crippen molar-refractivity contribution in [3.63, 3.8) is 0 Å². The zero-order valence-electron chi connectivity index (χ0n) is 16.6. The van der Waals surface area contributed by atoms with Gasteiger partial charge in [-0.25, -0.2) is 4.98 Å². The van der Waals surface area contributed by atoms with Crippen molar-refractivity contribution in [3.05, 3.63) is 65.2 Å². The molecule has 3 aromatic rings. The SMILES string of the molecule is CCCNC(=O)c1nc(C(=O)Nc2c(CC)cccc2CC)n2ccccc12. The van der Waals surface area contributed by atoms with Crippen molar-refractivity contribution in [2.45, 2.75) is 40.0 Å². The Kier molecular flexibility index (Phi) is 6.09. The number of hydrogen-bond acceptors (Lipinski definition) is 3. The molecule has 0 radical (unpaired) electrons. The van der Waals surface area contributed by atoms with Crippen molar-refractivity contribution < 1.29 is 9.59 Å². The molecular formula is C22H26N4O2. The van der Waals surface area contributed by atoms with Gasteiger partial charge in [0.25, 0.3) is 11.8 Å². The number of carbonyl (C=O) groups excluding carboxylic acids is 2. The average Bonchev–Trinajstić information content (AvgIpc) is 3.12. The number of aromatic nitrogens is 2. The number of aryl methyl sites for hydroxylation is 2. The summed E-state index contributed by atoms with van der Waals surface area (Å²) in [6.07, 6.45) is 4.21. The summed E-state index contributed by atoms with van der Waals surface area (Å²) in [5, 5.41) is 5.86. The van der Waals surface area contributed by atoms with E-state index in [9.17, 15) is 9.59 Å². The van der Waals surface area contributed by atoms with Gasteiger partial charge in [-0.3, -0.25) is 14.0 Å². The Labute approximate surface area is 165 Å². The van der Waals surface area contributed by atoms with Crippen LogP contribution in [0.3, 0.4) is 0 Å². The number of carbonyl (C=O) groups is 2. The second-order valence-electron chi connectivity index (χ2n) is 6.61. The molecule has 0 unspecified atom stereocenters. The van der Waals surface area contributed by atoms with Gasteiger partial charge in [0.15, 0.2) is 5.69 Å². The molecular weight excluding hydrogens is 352 g/mol. The second kappa shape index (κ2) is 8.69. The van der Waals surface area contributed by atoms with E-state index in [0.717, 1.165) is 36.1 Å². The van der Waals surface area contributed by atoms with Gasteiger partial charge in [0.05, 0.1) is 5.52 Å². The van der Waals surface area contributed by atoms with E-state index in [2.05, 4.69) is 29.5 Å². The topological polar surface area (TPSA) is 75.5 Å². The lowest BCUT2D eigenvalue weighted by Crippen LogP contribution is -2.24. The highest BCUT2D eigenvalue weighted by molar-refractivity contribution is 6.06. The van der Waals surface area contributed by atoms with Crippen LogP contribution in [0.25, 0.3) is 5.52 Å². The lowest BCUT2D eigenvalue weighted by molar-refractivity contribution is 0.0951. The number of para-hydroxylation sites is 1. The Morgan fingerprint density at radius 1 is 0.964 bits per heavy atom. The Morgan fingerprint density at radius 3 is 2.32 bits per heavy atom. The minimum absolute atomic E-state index is 0.199. The lowest BCUT2D eigenvalue weighted by atomic mass is 10.0. The molecule has 0 fully saturated rings. The van der Waals surface area contributed by atoms with Crippen LogP contribution in [0.5, 0.6) is 0 Å². The first kappa shape index (κ1) is 19.6. The van der Waals surface area contributed by atoms with Crippen LogP contribution in [0.15, 0.2) is 42.6 Å². The maximum Gasteiger partial charge on any atom is 0.292 e. The van der Waals surface area contributed by atoms with Crippen molar-refractivity contribution in [2.24, 2.45) is 0 Å². The van der Waals surface area contributed by atoms with Gasteiger partial charge in [0.1, 0.15) is 0 Å². The zero-order valence-corrected chi connectivity index (χ0v) is 16.6. The largest absolute Gasteiger partial charge is 0.351 e. The van der Waals surface area contributed by atoms with Crippen LogP contribution in [-0.2, 0) is 12.8 Å². The molecule has 3 rings (SSSR count). The first-order valence-electron chi connectivity index (χ1n) is 9.78. The standard InChI is InChI=1S/C22H26N4O2/c1-4-13-23-21(27)19-17-12-7-8-14-26(17)20(24-19)22(28)25-18-15(5-2)10-9-11-16(18)6-3/h7-12,14H,4-6,13H2,1-3H3,(H,23,27)(H,25,28). The average molecular weight is 378 g/mol. The monoisotopic (exact) mass is 378 g/mol. The van der Waals surface area contributed by atoms with Gasteiger partial charge >= 0.3 is 0 Å². The summed E-state index contributed by atoms with van der Waals surface area (Å²) < 4.78 is 1.66. The molecule has 0 aliphatic carbocycles. The van der Waals surface area contributed by atoms with Gasteiger partial charge in [-0.1, -0.05) is 45.0 Å². The first-order chi connectivity index (χ1) is 13.6. The molecule has 2 aromatic heterocycles. The van der Waals surface area contributed by atoms with Crippen LogP contribution in [0.2, 0.25) is 0 Å². The van der Waals surface area contributed by atoms with Gasteiger partial charge in [-0.2, -0.15) is 0 Å². The van der Waals surface area contributed by atoms with E-state index in [-0.39, 0.29) is 23.3 Å². The van der Waals surface area contributed by atoms with E-state index in [1.165, 1.54) is 0 Å². The molecule has 2 N–H and O–H groups in total.